The minimum absolute atomic E-state index is 0.0865. The number of hydrogen-bond donors (Lipinski definition) is 4. The Bertz CT molecular complexity index is 597. The third-order valence-electron chi connectivity index (χ3n) is 3.62. The number of carbonyl (C=O) groups is 2. The van der Waals surface area contributed by atoms with Crippen molar-refractivity contribution in [2.45, 2.75) is 45.4 Å². The van der Waals surface area contributed by atoms with Crippen LogP contribution in [0.5, 0.6) is 5.75 Å². The van der Waals surface area contributed by atoms with Crippen molar-refractivity contribution >= 4 is 23.4 Å². The normalized spacial score (nSPS) is 14.4. The van der Waals surface area contributed by atoms with Gasteiger partial charge >= 0.3 is 0 Å². The smallest absolute Gasteiger partial charge is 0.217 e. The number of aliphatic hydroxyl groups is 1. The summed E-state index contributed by atoms with van der Waals surface area (Å²) in [6.45, 7) is 3.78. The van der Waals surface area contributed by atoms with Crippen LogP contribution in [0.25, 0.3) is 0 Å². The summed E-state index contributed by atoms with van der Waals surface area (Å²) in [4.78, 5) is 21.7. The number of benzene rings is 1. The fourth-order valence-corrected chi connectivity index (χ4v) is 2.62. The zero-order valence-electron chi connectivity index (χ0n) is 14.5. The lowest BCUT2D eigenvalue weighted by atomic mass is 9.99. The fraction of sp³-hybridized carbons (Fsp3) is 0.529. The Morgan fingerprint density at radius 3 is 2.64 bits per heavy atom. The van der Waals surface area contributed by atoms with Crippen LogP contribution in [0.3, 0.4) is 0 Å². The van der Waals surface area contributed by atoms with Gasteiger partial charge < -0.3 is 20.9 Å². The van der Waals surface area contributed by atoms with Gasteiger partial charge in [-0.2, -0.15) is 0 Å². The van der Waals surface area contributed by atoms with Gasteiger partial charge in [-0.05, 0) is 36.5 Å². The van der Waals surface area contributed by atoms with Gasteiger partial charge in [0.15, 0.2) is 6.23 Å². The number of primary amides is 1. The van der Waals surface area contributed by atoms with E-state index < -0.39 is 18.2 Å². The predicted octanol–water partition coefficient (Wildman–Crippen LogP) is 0.945. The molecule has 6 N–H and O–H groups in total. The molecule has 25 heavy (non-hydrogen) atoms. The molecule has 2 amide bonds. The summed E-state index contributed by atoms with van der Waals surface area (Å²) in [5, 5.41) is 13.2. The summed E-state index contributed by atoms with van der Waals surface area (Å²) in [6, 6.07) is 5.22. The maximum absolute atomic E-state index is 10.9. The van der Waals surface area contributed by atoms with E-state index in [1.807, 2.05) is 6.07 Å². The first kappa shape index (κ1) is 21.2. The molecule has 0 radical (unpaired) electrons. The Hall–Kier alpha value is -1.83. The van der Waals surface area contributed by atoms with Gasteiger partial charge in [-0.1, -0.05) is 24.6 Å². The Morgan fingerprint density at radius 2 is 2.08 bits per heavy atom. The van der Waals surface area contributed by atoms with Crippen molar-refractivity contribution in [3.05, 3.63) is 28.8 Å². The molecule has 0 saturated carbocycles. The van der Waals surface area contributed by atoms with Gasteiger partial charge in [0.05, 0.1) is 5.02 Å². The predicted molar refractivity (Wildman–Crippen MR) is 96.0 cm³/mol. The van der Waals surface area contributed by atoms with Crippen LogP contribution >= 0.6 is 11.6 Å². The summed E-state index contributed by atoms with van der Waals surface area (Å²) in [5.41, 5.74) is 11.9. The summed E-state index contributed by atoms with van der Waals surface area (Å²) in [7, 11) is 0. The second-order valence-electron chi connectivity index (χ2n) is 6.16. The summed E-state index contributed by atoms with van der Waals surface area (Å²) in [6.07, 6.45) is -0.828. The van der Waals surface area contributed by atoms with Crippen molar-refractivity contribution in [3.63, 3.8) is 0 Å². The number of amides is 2. The van der Waals surface area contributed by atoms with E-state index in [1.54, 1.807) is 19.1 Å². The zero-order valence-corrected chi connectivity index (χ0v) is 15.3. The lowest BCUT2D eigenvalue weighted by Gasteiger charge is -2.23. The monoisotopic (exact) mass is 371 g/mol. The highest BCUT2D eigenvalue weighted by Crippen LogP contribution is 2.27. The van der Waals surface area contributed by atoms with Gasteiger partial charge in [-0.15, -0.1) is 0 Å². The zero-order chi connectivity index (χ0) is 19.0. The molecule has 0 bridgehead atoms. The highest BCUT2D eigenvalue weighted by atomic mass is 35.5. The maximum atomic E-state index is 10.9. The number of nitrogens with one attached hydrogen (secondary N) is 1. The lowest BCUT2D eigenvalue weighted by Crippen LogP contribution is -2.41. The van der Waals surface area contributed by atoms with Crippen LogP contribution in [-0.4, -0.2) is 35.8 Å². The van der Waals surface area contributed by atoms with Gasteiger partial charge in [0.25, 0.3) is 0 Å². The molecule has 0 saturated heterocycles. The lowest BCUT2D eigenvalue weighted by molar-refractivity contribution is -0.119. The van der Waals surface area contributed by atoms with Gasteiger partial charge in [0.1, 0.15) is 11.9 Å². The molecular formula is C17H26ClN3O4. The molecule has 1 aromatic carbocycles. The number of carbonyl (C=O) groups excluding carboxylic acids is 2. The van der Waals surface area contributed by atoms with E-state index in [0.717, 1.165) is 5.56 Å². The van der Waals surface area contributed by atoms with Crippen molar-refractivity contribution in [1.82, 2.24) is 5.32 Å². The van der Waals surface area contributed by atoms with Crippen LogP contribution < -0.4 is 21.5 Å². The molecule has 3 atom stereocenters. The molecule has 0 fully saturated rings. The van der Waals surface area contributed by atoms with Crippen molar-refractivity contribution in [2.75, 3.05) is 6.54 Å². The van der Waals surface area contributed by atoms with Crippen LogP contribution in [0.1, 0.15) is 32.3 Å². The van der Waals surface area contributed by atoms with Crippen molar-refractivity contribution in [2.24, 2.45) is 17.4 Å². The number of rotatable bonds is 10. The average Bonchev–Trinajstić information content (AvgIpc) is 2.48. The average molecular weight is 372 g/mol. The Balaban J connectivity index is 2.57. The molecule has 8 heteroatoms. The molecule has 0 aliphatic heterocycles. The topological polar surface area (TPSA) is 128 Å². The van der Waals surface area contributed by atoms with E-state index in [2.05, 4.69) is 5.32 Å². The van der Waals surface area contributed by atoms with E-state index in [1.165, 1.54) is 6.92 Å². The Labute approximate surface area is 152 Å². The van der Waals surface area contributed by atoms with E-state index >= 15 is 0 Å². The number of hydrogen-bond acceptors (Lipinski definition) is 5. The molecule has 0 aliphatic carbocycles. The second-order valence-corrected chi connectivity index (χ2v) is 6.57. The molecule has 7 nitrogen and oxygen atoms in total. The molecule has 0 heterocycles. The Morgan fingerprint density at radius 1 is 1.40 bits per heavy atom. The Kier molecular flexibility index (Phi) is 8.68. The van der Waals surface area contributed by atoms with Crippen LogP contribution in [0, 0.1) is 5.92 Å². The first-order chi connectivity index (χ1) is 11.7. The quantitative estimate of drug-likeness (QED) is 0.455. The third kappa shape index (κ3) is 8.20. The van der Waals surface area contributed by atoms with Gasteiger partial charge in [-0.3, -0.25) is 15.3 Å². The van der Waals surface area contributed by atoms with Crippen LogP contribution in [0.4, 0.5) is 0 Å². The first-order valence-corrected chi connectivity index (χ1v) is 8.48. The summed E-state index contributed by atoms with van der Waals surface area (Å²) in [5.74, 6) is -0.253. The largest absolute Gasteiger partial charge is 0.471 e. The maximum Gasteiger partial charge on any atom is 0.217 e. The minimum Gasteiger partial charge on any atom is -0.471 e. The summed E-state index contributed by atoms with van der Waals surface area (Å²) < 4.78 is 5.52. The molecule has 1 aromatic rings. The molecule has 140 valence electrons. The summed E-state index contributed by atoms with van der Waals surface area (Å²) >= 11 is 6.18. The molecule has 3 unspecified atom stereocenters. The highest BCUT2D eigenvalue weighted by Gasteiger charge is 2.21. The third-order valence-corrected chi connectivity index (χ3v) is 3.92. The van der Waals surface area contributed by atoms with Gasteiger partial charge in [-0.25, -0.2) is 0 Å². The standard InChI is InChI=1S/C17H26ClN3O4/c1-10(8-16(19)24)7-14(23)17(20)25-15-4-3-12(9-13(15)18)5-6-21-11(2)22/h3-4,9-10,14,17,23H,5-8,20H2,1-2H3,(H2,19,24)(H,21,22). The number of ether oxygens (including phenoxy) is 1. The van der Waals surface area contributed by atoms with Crippen molar-refractivity contribution in [1.29, 1.82) is 0 Å². The van der Waals surface area contributed by atoms with E-state index in [9.17, 15) is 14.7 Å². The second kappa shape index (κ2) is 10.2. The van der Waals surface area contributed by atoms with Gasteiger partial charge in [0.2, 0.25) is 11.8 Å². The SMILES string of the molecule is CC(=O)NCCc1ccc(OC(N)C(O)CC(C)CC(N)=O)c(Cl)c1. The highest BCUT2D eigenvalue weighted by molar-refractivity contribution is 6.32. The first-order valence-electron chi connectivity index (χ1n) is 8.10. The van der Waals surface area contributed by atoms with Crippen LogP contribution in [0.2, 0.25) is 5.02 Å². The molecule has 0 aromatic heterocycles. The minimum atomic E-state index is -0.974. The van der Waals surface area contributed by atoms with E-state index in [4.69, 9.17) is 27.8 Å². The van der Waals surface area contributed by atoms with Crippen molar-refractivity contribution < 1.29 is 19.4 Å². The van der Waals surface area contributed by atoms with Crippen molar-refractivity contribution in [3.8, 4) is 5.75 Å². The van der Waals surface area contributed by atoms with Crippen LogP contribution in [-0.2, 0) is 16.0 Å². The van der Waals surface area contributed by atoms with Gasteiger partial charge in [0, 0.05) is 19.9 Å². The van der Waals surface area contributed by atoms with E-state index in [-0.39, 0.29) is 24.7 Å². The molecule has 0 aliphatic rings. The van der Waals surface area contributed by atoms with Crippen LogP contribution in [0.15, 0.2) is 18.2 Å². The molecule has 0 spiro atoms. The molecule has 1 rings (SSSR count). The number of aliphatic hydroxyl groups excluding tert-OH is 1. The van der Waals surface area contributed by atoms with E-state index in [0.29, 0.717) is 23.7 Å². The number of nitrogens with two attached hydrogens (primary N) is 2. The number of halogens is 1. The molecular weight excluding hydrogens is 346 g/mol. The fourth-order valence-electron chi connectivity index (χ4n) is 2.38.